The number of benzene rings is 1. The molecule has 2 aliphatic heterocycles. The lowest BCUT2D eigenvalue weighted by atomic mass is 10.0. The summed E-state index contributed by atoms with van der Waals surface area (Å²) in [6, 6.07) is 0.923. The van der Waals surface area contributed by atoms with E-state index in [1.54, 1.807) is 4.90 Å². The largest absolute Gasteiger partial charge is 0.477 e. The van der Waals surface area contributed by atoms with E-state index in [4.69, 9.17) is 0 Å². The molecule has 27 heavy (non-hydrogen) atoms. The Balaban J connectivity index is 1.76. The Morgan fingerprint density at radius 3 is 2.44 bits per heavy atom. The maximum Gasteiger partial charge on any atom is 0.341 e. The number of hydrogen-bond donors (Lipinski definition) is 2. The van der Waals surface area contributed by atoms with Crippen LogP contribution in [0.15, 0.2) is 17.1 Å². The van der Waals surface area contributed by atoms with Crippen molar-refractivity contribution in [2.75, 3.05) is 18.0 Å². The lowest BCUT2D eigenvalue weighted by Gasteiger charge is -2.25. The van der Waals surface area contributed by atoms with E-state index in [2.05, 4.69) is 5.32 Å². The first-order valence-corrected chi connectivity index (χ1v) is 9.00. The molecule has 1 saturated carbocycles. The number of pyridine rings is 1. The van der Waals surface area contributed by atoms with Gasteiger partial charge >= 0.3 is 5.97 Å². The number of carboxylic acids is 1. The number of carboxylic acid groups (broad SMARTS) is 1. The fourth-order valence-electron chi connectivity index (χ4n) is 4.50. The number of nitrogens with one attached hydrogen (secondary N) is 1. The summed E-state index contributed by atoms with van der Waals surface area (Å²) in [6.45, 7) is 4.96. The Labute approximate surface area is 153 Å². The molecule has 142 valence electrons. The SMILES string of the molecule is CC12CN(c3c(F)cc4c(=O)c(C(=O)O)cn(C5CC5)c4c3F)CC1(C)N2. The second-order valence-electron chi connectivity index (χ2n) is 8.38. The first kappa shape index (κ1) is 16.7. The zero-order valence-corrected chi connectivity index (χ0v) is 15.0. The van der Waals surface area contributed by atoms with Crippen molar-refractivity contribution in [2.24, 2.45) is 0 Å². The third-order valence-corrected chi connectivity index (χ3v) is 6.39. The quantitative estimate of drug-likeness (QED) is 0.804. The number of rotatable bonds is 3. The van der Waals surface area contributed by atoms with Gasteiger partial charge < -0.3 is 14.6 Å². The van der Waals surface area contributed by atoms with Crippen molar-refractivity contribution in [2.45, 2.75) is 43.8 Å². The van der Waals surface area contributed by atoms with E-state index in [-0.39, 0.29) is 33.7 Å². The molecule has 0 radical (unpaired) electrons. The maximum absolute atomic E-state index is 15.5. The third-order valence-electron chi connectivity index (χ3n) is 6.39. The Hall–Kier alpha value is -2.48. The number of piperazine rings is 1. The summed E-state index contributed by atoms with van der Waals surface area (Å²) in [5, 5.41) is 12.4. The van der Waals surface area contributed by atoms with Crippen LogP contribution in [0, 0.1) is 11.6 Å². The predicted octanol–water partition coefficient (Wildman–Crippen LogP) is 2.25. The van der Waals surface area contributed by atoms with Crippen LogP contribution in [0.5, 0.6) is 0 Å². The second-order valence-corrected chi connectivity index (χ2v) is 8.38. The molecule has 3 heterocycles. The summed E-state index contributed by atoms with van der Waals surface area (Å²) in [5.41, 5.74) is -1.85. The molecule has 2 unspecified atom stereocenters. The van der Waals surface area contributed by atoms with Gasteiger partial charge in [-0.2, -0.15) is 0 Å². The number of nitrogens with zero attached hydrogens (tertiary/aromatic N) is 2. The number of aromatic carboxylic acids is 1. The van der Waals surface area contributed by atoms with Crippen molar-refractivity contribution in [3.05, 3.63) is 39.7 Å². The summed E-state index contributed by atoms with van der Waals surface area (Å²) >= 11 is 0. The number of aromatic nitrogens is 1. The lowest BCUT2D eigenvalue weighted by molar-refractivity contribution is 0.0695. The van der Waals surface area contributed by atoms with E-state index in [0.717, 1.165) is 18.9 Å². The van der Waals surface area contributed by atoms with Crippen LogP contribution < -0.4 is 15.6 Å². The third kappa shape index (κ3) is 2.13. The zero-order chi connectivity index (χ0) is 19.3. The molecule has 2 aromatic rings. The molecular weight excluding hydrogens is 356 g/mol. The molecular formula is C19H19F2N3O3. The maximum atomic E-state index is 15.5. The molecule has 2 saturated heterocycles. The number of fused-ring (bicyclic) bond motifs is 2. The Kier molecular flexibility index (Phi) is 3.00. The molecule has 1 aromatic heterocycles. The molecule has 0 amide bonds. The van der Waals surface area contributed by atoms with Gasteiger partial charge in [0.1, 0.15) is 17.1 Å². The predicted molar refractivity (Wildman–Crippen MR) is 95.5 cm³/mol. The average molecular weight is 375 g/mol. The summed E-state index contributed by atoms with van der Waals surface area (Å²) < 4.78 is 31.9. The monoisotopic (exact) mass is 375 g/mol. The van der Waals surface area contributed by atoms with Crippen LogP contribution in [-0.4, -0.2) is 39.8 Å². The van der Waals surface area contributed by atoms with Gasteiger partial charge in [0.05, 0.1) is 22.0 Å². The highest BCUT2D eigenvalue weighted by atomic mass is 19.1. The van der Waals surface area contributed by atoms with Crippen molar-refractivity contribution >= 4 is 22.6 Å². The highest BCUT2D eigenvalue weighted by Crippen LogP contribution is 2.48. The van der Waals surface area contributed by atoms with E-state index >= 15 is 4.39 Å². The Bertz CT molecular complexity index is 1080. The van der Waals surface area contributed by atoms with Gasteiger partial charge in [0.15, 0.2) is 5.82 Å². The van der Waals surface area contributed by atoms with Gasteiger partial charge in [0, 0.05) is 25.3 Å². The summed E-state index contributed by atoms with van der Waals surface area (Å²) in [5.74, 6) is -3.03. The number of hydrogen-bond acceptors (Lipinski definition) is 4. The van der Waals surface area contributed by atoms with Crippen molar-refractivity contribution in [1.29, 1.82) is 0 Å². The minimum Gasteiger partial charge on any atom is -0.477 e. The van der Waals surface area contributed by atoms with E-state index < -0.39 is 28.6 Å². The standard InChI is InChI=1S/C19H19F2N3O3/c1-18-7-23(8-19(18,2)22-18)15-12(20)5-10-14(13(15)21)24(9-3-4-9)6-11(16(10)25)17(26)27/h5-6,9,22H,3-4,7-8H2,1-2H3,(H,26,27). The molecule has 1 aliphatic carbocycles. The van der Waals surface area contributed by atoms with Gasteiger partial charge in [-0.05, 0) is 32.8 Å². The molecule has 6 nitrogen and oxygen atoms in total. The molecule has 3 aliphatic rings. The lowest BCUT2D eigenvalue weighted by Crippen LogP contribution is -2.33. The number of anilines is 1. The summed E-state index contributed by atoms with van der Waals surface area (Å²) in [4.78, 5) is 25.6. The van der Waals surface area contributed by atoms with Crippen molar-refractivity contribution in [3.63, 3.8) is 0 Å². The summed E-state index contributed by atoms with van der Waals surface area (Å²) in [7, 11) is 0. The molecule has 2 atom stereocenters. The van der Waals surface area contributed by atoms with Gasteiger partial charge in [-0.1, -0.05) is 0 Å². The van der Waals surface area contributed by atoms with Gasteiger partial charge in [0.25, 0.3) is 0 Å². The van der Waals surface area contributed by atoms with Crippen LogP contribution >= 0.6 is 0 Å². The van der Waals surface area contributed by atoms with E-state index in [9.17, 15) is 19.1 Å². The topological polar surface area (TPSA) is 84.5 Å². The van der Waals surface area contributed by atoms with Crippen LogP contribution in [0.25, 0.3) is 10.9 Å². The fourth-order valence-corrected chi connectivity index (χ4v) is 4.50. The van der Waals surface area contributed by atoms with Gasteiger partial charge in [-0.3, -0.25) is 10.1 Å². The molecule has 3 fully saturated rings. The molecule has 8 heteroatoms. The molecule has 2 N–H and O–H groups in total. The van der Waals surface area contributed by atoms with Crippen LogP contribution in [-0.2, 0) is 0 Å². The first-order chi connectivity index (χ1) is 12.7. The minimum atomic E-state index is -1.40. The van der Waals surface area contributed by atoms with Crippen LogP contribution in [0.4, 0.5) is 14.5 Å². The zero-order valence-electron chi connectivity index (χ0n) is 15.0. The molecule has 0 bridgehead atoms. The Morgan fingerprint density at radius 1 is 1.26 bits per heavy atom. The first-order valence-electron chi connectivity index (χ1n) is 9.00. The normalized spacial score (nSPS) is 29.3. The second kappa shape index (κ2) is 4.86. The fraction of sp³-hybridized carbons (Fsp3) is 0.474. The van der Waals surface area contributed by atoms with Crippen molar-refractivity contribution in [1.82, 2.24) is 9.88 Å². The Morgan fingerprint density at radius 2 is 1.89 bits per heavy atom. The van der Waals surface area contributed by atoms with E-state index in [1.807, 2.05) is 13.8 Å². The van der Waals surface area contributed by atoms with E-state index in [1.165, 1.54) is 10.8 Å². The molecule has 1 aromatic carbocycles. The van der Waals surface area contributed by atoms with Gasteiger partial charge in [0.2, 0.25) is 5.43 Å². The summed E-state index contributed by atoms with van der Waals surface area (Å²) in [6.07, 6.45) is 2.74. The number of halogens is 2. The van der Waals surface area contributed by atoms with Gasteiger partial charge in [-0.15, -0.1) is 0 Å². The van der Waals surface area contributed by atoms with Crippen LogP contribution in [0.3, 0.4) is 0 Å². The van der Waals surface area contributed by atoms with E-state index in [0.29, 0.717) is 13.1 Å². The number of carbonyl (C=O) groups is 1. The highest BCUT2D eigenvalue weighted by molar-refractivity contribution is 5.94. The average Bonchev–Trinajstić information content (AvgIpc) is 3.45. The molecule has 0 spiro atoms. The smallest absolute Gasteiger partial charge is 0.341 e. The van der Waals surface area contributed by atoms with Crippen molar-refractivity contribution in [3.8, 4) is 0 Å². The van der Waals surface area contributed by atoms with Crippen LogP contribution in [0.1, 0.15) is 43.1 Å². The van der Waals surface area contributed by atoms with Crippen LogP contribution in [0.2, 0.25) is 0 Å². The highest BCUT2D eigenvalue weighted by Gasteiger charge is 2.66. The van der Waals surface area contributed by atoms with Gasteiger partial charge in [-0.25, -0.2) is 13.6 Å². The minimum absolute atomic E-state index is 0.00672. The molecule has 5 rings (SSSR count). The van der Waals surface area contributed by atoms with Crippen molar-refractivity contribution < 1.29 is 18.7 Å².